The van der Waals surface area contributed by atoms with Crippen molar-refractivity contribution in [3.8, 4) is 11.8 Å². The highest BCUT2D eigenvalue weighted by atomic mass is 35.5. The van der Waals surface area contributed by atoms with Crippen molar-refractivity contribution in [3.05, 3.63) is 64.2 Å². The molecule has 0 aliphatic heterocycles. The van der Waals surface area contributed by atoms with Gasteiger partial charge in [0.05, 0.1) is 11.6 Å². The van der Waals surface area contributed by atoms with Crippen LogP contribution in [0.15, 0.2) is 42.5 Å². The fraction of sp³-hybridized carbons (Fsp3) is 0.235. The number of ether oxygens (including phenoxy) is 1. The third-order valence-electron chi connectivity index (χ3n) is 3.04. The average Bonchev–Trinajstić information content (AvgIpc) is 2.52. The van der Waals surface area contributed by atoms with E-state index in [-0.39, 0.29) is 0 Å². The van der Waals surface area contributed by atoms with Gasteiger partial charge in [-0.15, -0.1) is 0 Å². The molecule has 1 N–H and O–H groups in total. The van der Waals surface area contributed by atoms with E-state index < -0.39 is 0 Å². The molecule has 21 heavy (non-hydrogen) atoms. The highest BCUT2D eigenvalue weighted by Gasteiger charge is 2.05. The van der Waals surface area contributed by atoms with Gasteiger partial charge in [0.15, 0.2) is 0 Å². The monoisotopic (exact) mass is 300 g/mol. The second-order valence-corrected chi connectivity index (χ2v) is 5.07. The first kappa shape index (κ1) is 15.4. The number of nitrogens with zero attached hydrogens (tertiary/aromatic N) is 1. The minimum Gasteiger partial charge on any atom is -0.489 e. The minimum absolute atomic E-state index is 0.427. The summed E-state index contributed by atoms with van der Waals surface area (Å²) in [7, 11) is 0. The molecule has 0 radical (unpaired) electrons. The van der Waals surface area contributed by atoms with Gasteiger partial charge in [-0.25, -0.2) is 0 Å². The number of rotatable bonds is 6. The highest BCUT2D eigenvalue weighted by Crippen LogP contribution is 2.24. The predicted molar refractivity (Wildman–Crippen MR) is 84.3 cm³/mol. The fourth-order valence-corrected chi connectivity index (χ4v) is 2.17. The third kappa shape index (κ3) is 4.49. The van der Waals surface area contributed by atoms with Gasteiger partial charge in [0.2, 0.25) is 0 Å². The van der Waals surface area contributed by atoms with Gasteiger partial charge >= 0.3 is 0 Å². The Bertz CT molecular complexity index is 649. The van der Waals surface area contributed by atoms with Crippen molar-refractivity contribution in [2.45, 2.75) is 20.1 Å². The molecule has 0 saturated heterocycles. The Morgan fingerprint density at radius 3 is 2.86 bits per heavy atom. The highest BCUT2D eigenvalue weighted by molar-refractivity contribution is 6.30. The molecule has 3 nitrogen and oxygen atoms in total. The second-order valence-electron chi connectivity index (χ2n) is 4.63. The van der Waals surface area contributed by atoms with E-state index in [2.05, 4.69) is 18.3 Å². The van der Waals surface area contributed by atoms with Crippen molar-refractivity contribution in [1.29, 1.82) is 5.26 Å². The summed E-state index contributed by atoms with van der Waals surface area (Å²) in [5.74, 6) is 0.808. The molecule has 0 saturated carbocycles. The molecule has 0 spiro atoms. The normalized spacial score (nSPS) is 10.1. The van der Waals surface area contributed by atoms with Gasteiger partial charge in [-0.3, -0.25) is 0 Å². The van der Waals surface area contributed by atoms with Crippen LogP contribution >= 0.6 is 11.6 Å². The molecule has 2 aromatic carbocycles. The summed E-state index contributed by atoms with van der Waals surface area (Å²) in [5.41, 5.74) is 2.64. The van der Waals surface area contributed by atoms with Crippen molar-refractivity contribution < 1.29 is 4.74 Å². The molecule has 108 valence electrons. The molecule has 0 heterocycles. The van der Waals surface area contributed by atoms with Crippen molar-refractivity contribution in [1.82, 2.24) is 5.32 Å². The van der Waals surface area contributed by atoms with E-state index in [0.717, 1.165) is 23.4 Å². The van der Waals surface area contributed by atoms with Crippen LogP contribution in [-0.4, -0.2) is 6.54 Å². The summed E-state index contributed by atoms with van der Waals surface area (Å²) in [5, 5.41) is 12.9. The molecule has 0 aromatic heterocycles. The largest absolute Gasteiger partial charge is 0.489 e. The standard InChI is InChI=1S/C17H17ClN2O/c1-2-20-11-15-9-16(18)6-7-17(15)21-12-14-5-3-4-13(8-14)10-19/h3-9,20H,2,11-12H2,1H3. The zero-order valence-corrected chi connectivity index (χ0v) is 12.7. The van der Waals surface area contributed by atoms with Gasteiger partial charge in [-0.1, -0.05) is 30.7 Å². The van der Waals surface area contributed by atoms with Crippen LogP contribution in [0.1, 0.15) is 23.6 Å². The number of hydrogen-bond acceptors (Lipinski definition) is 3. The summed E-state index contributed by atoms with van der Waals surface area (Å²) < 4.78 is 5.87. The maximum atomic E-state index is 8.91. The fourth-order valence-electron chi connectivity index (χ4n) is 1.98. The molecule has 0 aliphatic carbocycles. The summed E-state index contributed by atoms with van der Waals surface area (Å²) in [6, 6.07) is 15.2. The Balaban J connectivity index is 2.10. The van der Waals surface area contributed by atoms with Crippen LogP contribution < -0.4 is 10.1 Å². The Morgan fingerprint density at radius 1 is 1.24 bits per heavy atom. The van der Waals surface area contributed by atoms with Gasteiger partial charge in [0.25, 0.3) is 0 Å². The summed E-state index contributed by atoms with van der Waals surface area (Å²) in [6.07, 6.45) is 0. The van der Waals surface area contributed by atoms with Crippen LogP contribution in [0.5, 0.6) is 5.75 Å². The molecule has 0 amide bonds. The lowest BCUT2D eigenvalue weighted by Crippen LogP contribution is -2.13. The number of nitriles is 1. The van der Waals surface area contributed by atoms with Crippen LogP contribution in [-0.2, 0) is 13.2 Å². The van der Waals surface area contributed by atoms with E-state index in [9.17, 15) is 0 Å². The van der Waals surface area contributed by atoms with E-state index in [1.807, 2.05) is 36.4 Å². The molecule has 0 fully saturated rings. The summed E-state index contributed by atoms with van der Waals surface area (Å²) >= 11 is 6.03. The van der Waals surface area contributed by atoms with E-state index in [1.54, 1.807) is 6.07 Å². The maximum Gasteiger partial charge on any atom is 0.124 e. The Hall–Kier alpha value is -2.02. The van der Waals surface area contributed by atoms with Crippen molar-refractivity contribution in [2.75, 3.05) is 6.54 Å². The molecule has 0 unspecified atom stereocenters. The topological polar surface area (TPSA) is 45.0 Å². The van der Waals surface area contributed by atoms with Gasteiger partial charge in [0.1, 0.15) is 12.4 Å². The Labute approximate surface area is 130 Å². The van der Waals surface area contributed by atoms with Crippen LogP contribution in [0, 0.1) is 11.3 Å². The number of halogens is 1. The SMILES string of the molecule is CCNCc1cc(Cl)ccc1OCc1cccc(C#N)c1. The third-order valence-corrected chi connectivity index (χ3v) is 3.27. The molecule has 0 bridgehead atoms. The molecule has 2 rings (SSSR count). The molecular weight excluding hydrogens is 284 g/mol. The quantitative estimate of drug-likeness (QED) is 0.880. The van der Waals surface area contributed by atoms with Crippen LogP contribution in [0.25, 0.3) is 0 Å². The molecule has 0 aliphatic rings. The van der Waals surface area contributed by atoms with Crippen molar-refractivity contribution in [3.63, 3.8) is 0 Å². The first-order chi connectivity index (χ1) is 10.2. The lowest BCUT2D eigenvalue weighted by atomic mass is 10.1. The summed E-state index contributed by atoms with van der Waals surface area (Å²) in [4.78, 5) is 0. The second kappa shape index (κ2) is 7.68. The van der Waals surface area contributed by atoms with Gasteiger partial charge in [-0.2, -0.15) is 5.26 Å². The lowest BCUT2D eigenvalue weighted by Gasteiger charge is -2.12. The van der Waals surface area contributed by atoms with Gasteiger partial charge in [0, 0.05) is 17.1 Å². The van der Waals surface area contributed by atoms with Crippen LogP contribution in [0.3, 0.4) is 0 Å². The predicted octanol–water partition coefficient (Wildman–Crippen LogP) is 3.90. The lowest BCUT2D eigenvalue weighted by molar-refractivity contribution is 0.302. The average molecular weight is 301 g/mol. The van der Waals surface area contributed by atoms with Crippen molar-refractivity contribution >= 4 is 11.6 Å². The smallest absolute Gasteiger partial charge is 0.124 e. The molecule has 4 heteroatoms. The Morgan fingerprint density at radius 2 is 2.10 bits per heavy atom. The molecule has 2 aromatic rings. The minimum atomic E-state index is 0.427. The number of benzene rings is 2. The van der Waals surface area contributed by atoms with E-state index in [1.165, 1.54) is 0 Å². The summed E-state index contributed by atoms with van der Waals surface area (Å²) in [6.45, 7) is 4.08. The Kier molecular flexibility index (Phi) is 5.62. The zero-order chi connectivity index (χ0) is 15.1. The number of hydrogen-bond donors (Lipinski definition) is 1. The molecule has 0 atom stereocenters. The first-order valence-electron chi connectivity index (χ1n) is 6.84. The van der Waals surface area contributed by atoms with Gasteiger partial charge < -0.3 is 10.1 Å². The maximum absolute atomic E-state index is 8.91. The van der Waals surface area contributed by atoms with Gasteiger partial charge in [-0.05, 0) is 42.4 Å². The van der Waals surface area contributed by atoms with Crippen LogP contribution in [0.2, 0.25) is 5.02 Å². The first-order valence-corrected chi connectivity index (χ1v) is 7.21. The molecular formula is C17H17ClN2O. The van der Waals surface area contributed by atoms with Crippen LogP contribution in [0.4, 0.5) is 0 Å². The van der Waals surface area contributed by atoms with E-state index in [4.69, 9.17) is 21.6 Å². The van der Waals surface area contributed by atoms with E-state index >= 15 is 0 Å². The van der Waals surface area contributed by atoms with E-state index in [0.29, 0.717) is 23.7 Å². The number of nitrogens with one attached hydrogen (secondary N) is 1. The van der Waals surface area contributed by atoms with Crippen molar-refractivity contribution in [2.24, 2.45) is 0 Å². The zero-order valence-electron chi connectivity index (χ0n) is 11.9.